The number of ether oxygens (including phenoxy) is 2. The maximum atomic E-state index is 12.9. The number of fused-ring (bicyclic) bond motifs is 2. The van der Waals surface area contributed by atoms with Crippen LogP contribution in [-0.2, 0) is 15.7 Å². The average molecular weight is 841 g/mol. The van der Waals surface area contributed by atoms with Gasteiger partial charge >= 0.3 is 18.4 Å². The van der Waals surface area contributed by atoms with Gasteiger partial charge in [0.1, 0.15) is 27.9 Å². The molecule has 5 aromatic rings. The van der Waals surface area contributed by atoms with Crippen LogP contribution < -0.4 is 10.6 Å². The first kappa shape index (κ1) is 42.9. The van der Waals surface area contributed by atoms with Crippen molar-refractivity contribution in [3.8, 4) is 11.3 Å². The SMILES string of the molecule is CC(C)(C)OC(=O)N1C[C@H](O)[C@H](Nc2nnc(-c3ccc(C(F)(F)F)cc3)c3ncccc23)C1.CC(C)(C)OC(=O)N1C[C@H](O)[C@H](Nc2nnc(Cl)c3ncccc23)C1. The van der Waals surface area contributed by atoms with Crippen LogP contribution in [0, 0.1) is 0 Å². The third-order valence-electron chi connectivity index (χ3n) is 9.04. The van der Waals surface area contributed by atoms with Gasteiger partial charge in [-0.15, -0.1) is 20.4 Å². The molecule has 2 saturated heterocycles. The minimum absolute atomic E-state index is 0.0971. The minimum Gasteiger partial charge on any atom is -0.444 e. The van der Waals surface area contributed by atoms with Crippen LogP contribution in [0.5, 0.6) is 0 Å². The van der Waals surface area contributed by atoms with Crippen LogP contribution in [0.2, 0.25) is 5.15 Å². The van der Waals surface area contributed by atoms with Crippen LogP contribution >= 0.6 is 11.6 Å². The Balaban J connectivity index is 0.000000208. The first-order valence-corrected chi connectivity index (χ1v) is 19.0. The Bertz CT molecular complexity index is 2310. The van der Waals surface area contributed by atoms with Crippen molar-refractivity contribution in [2.45, 2.75) is 83.2 Å². The molecule has 0 unspecified atom stereocenters. The molecule has 2 fully saturated rings. The molecule has 2 aliphatic rings. The van der Waals surface area contributed by atoms with Gasteiger partial charge in [0.15, 0.2) is 16.8 Å². The molecule has 16 nitrogen and oxygen atoms in total. The molecule has 0 spiro atoms. The van der Waals surface area contributed by atoms with Crippen molar-refractivity contribution in [1.82, 2.24) is 40.2 Å². The second kappa shape index (κ2) is 16.9. The van der Waals surface area contributed by atoms with E-state index in [9.17, 15) is 33.0 Å². The van der Waals surface area contributed by atoms with Crippen molar-refractivity contribution in [2.24, 2.45) is 0 Å². The summed E-state index contributed by atoms with van der Waals surface area (Å²) in [6, 6.07) is 10.7. The zero-order valence-corrected chi connectivity index (χ0v) is 33.8. The van der Waals surface area contributed by atoms with Gasteiger partial charge in [0.25, 0.3) is 0 Å². The van der Waals surface area contributed by atoms with E-state index in [0.717, 1.165) is 12.1 Å². The number of rotatable bonds is 5. The summed E-state index contributed by atoms with van der Waals surface area (Å²) >= 11 is 6.02. The van der Waals surface area contributed by atoms with E-state index in [1.165, 1.54) is 21.9 Å². The van der Waals surface area contributed by atoms with Crippen molar-refractivity contribution in [3.63, 3.8) is 0 Å². The Morgan fingerprint density at radius 2 is 1.15 bits per heavy atom. The van der Waals surface area contributed by atoms with E-state index < -0.39 is 59.4 Å². The number of aliphatic hydroxyl groups excluding tert-OH is 2. The lowest BCUT2D eigenvalue weighted by atomic mass is 10.1. The number of nitrogens with one attached hydrogen (secondary N) is 2. The molecule has 4 atom stereocenters. The second-order valence-corrected chi connectivity index (χ2v) is 16.4. The molecule has 2 aliphatic heterocycles. The maximum absolute atomic E-state index is 12.9. The standard InChI is InChI=1S/C23H24F3N5O3.C16H20ClN5O3/c1-22(2,3)34-21(33)31-11-16(17(32)12-31)28-20-15-5-4-10-27-19(15)18(29-30-20)13-6-8-14(9-7-13)23(24,25)26;1-16(2,3)25-15(24)22-7-10(11(23)8-22)19-14-9-5-4-6-18-12(9)13(17)20-21-14/h4-10,16-17,32H,11-12H2,1-3H3,(H,28,30);4-6,10-11,23H,7-8H2,1-3H3,(H,19,21)/t16-,17+;10-,11+/m11/s1. The molecule has 4 aromatic heterocycles. The number of carbonyl (C=O) groups is 2. The number of alkyl halides is 3. The van der Waals surface area contributed by atoms with Crippen molar-refractivity contribution >= 4 is 57.2 Å². The van der Waals surface area contributed by atoms with Gasteiger partial charge in [-0.3, -0.25) is 9.97 Å². The number of hydrogen-bond acceptors (Lipinski definition) is 14. The Labute approximate surface area is 342 Å². The molecule has 0 aliphatic carbocycles. The van der Waals surface area contributed by atoms with Crippen molar-refractivity contribution < 1.29 is 42.4 Å². The van der Waals surface area contributed by atoms with Gasteiger partial charge in [-0.05, 0) is 77.9 Å². The summed E-state index contributed by atoms with van der Waals surface area (Å²) in [5.74, 6) is 0.802. The van der Waals surface area contributed by atoms with Crippen LogP contribution in [0.3, 0.4) is 0 Å². The molecular weight excluding hydrogens is 797 g/mol. The molecule has 4 N–H and O–H groups in total. The second-order valence-electron chi connectivity index (χ2n) is 16.0. The lowest BCUT2D eigenvalue weighted by Crippen LogP contribution is -2.36. The first-order valence-electron chi connectivity index (χ1n) is 18.6. The van der Waals surface area contributed by atoms with Gasteiger partial charge in [0.05, 0.1) is 42.9 Å². The summed E-state index contributed by atoms with van der Waals surface area (Å²) in [4.78, 5) is 36.0. The number of nitrogens with zero attached hydrogens (tertiary/aromatic N) is 8. The molecule has 0 radical (unpaired) electrons. The zero-order valence-electron chi connectivity index (χ0n) is 33.0. The first-order chi connectivity index (χ1) is 27.7. The normalized spacial score (nSPS) is 19.7. The Morgan fingerprint density at radius 3 is 1.63 bits per heavy atom. The van der Waals surface area contributed by atoms with Gasteiger partial charge in [-0.2, -0.15) is 13.2 Å². The highest BCUT2D eigenvalue weighted by atomic mass is 35.5. The number of pyridine rings is 2. The number of anilines is 2. The highest BCUT2D eigenvalue weighted by Gasteiger charge is 2.38. The van der Waals surface area contributed by atoms with E-state index in [0.29, 0.717) is 51.2 Å². The van der Waals surface area contributed by atoms with E-state index in [1.54, 1.807) is 72.1 Å². The van der Waals surface area contributed by atoms with Crippen molar-refractivity contribution in [3.05, 3.63) is 71.6 Å². The van der Waals surface area contributed by atoms with E-state index >= 15 is 0 Å². The minimum atomic E-state index is -4.44. The van der Waals surface area contributed by atoms with E-state index in [4.69, 9.17) is 21.1 Å². The molecule has 314 valence electrons. The Morgan fingerprint density at radius 1 is 0.695 bits per heavy atom. The topological polar surface area (TPSA) is 201 Å². The number of aliphatic hydroxyl groups is 2. The third-order valence-corrected chi connectivity index (χ3v) is 9.30. The number of halogens is 4. The summed E-state index contributed by atoms with van der Waals surface area (Å²) in [6.07, 6.45) is -3.86. The molecule has 6 heterocycles. The fraction of sp³-hybridized carbons (Fsp3) is 0.436. The van der Waals surface area contributed by atoms with Gasteiger partial charge in [-0.25, -0.2) is 9.59 Å². The number of amides is 2. The fourth-order valence-corrected chi connectivity index (χ4v) is 6.51. The highest BCUT2D eigenvalue weighted by molar-refractivity contribution is 6.34. The molecule has 59 heavy (non-hydrogen) atoms. The highest BCUT2D eigenvalue weighted by Crippen LogP contribution is 2.33. The molecule has 2 amide bonds. The smallest absolute Gasteiger partial charge is 0.416 e. The third kappa shape index (κ3) is 10.5. The number of carbonyl (C=O) groups excluding carboxylic acids is 2. The monoisotopic (exact) mass is 840 g/mol. The summed E-state index contributed by atoms with van der Waals surface area (Å²) < 4.78 is 49.5. The van der Waals surface area contributed by atoms with Gasteiger partial charge < -0.3 is 40.1 Å². The lowest BCUT2D eigenvalue weighted by molar-refractivity contribution is -0.137. The number of β-amino-alcohol motifs (C(OH)–C–C–N with tert-alkyl or cyclic N) is 2. The molecule has 0 saturated carbocycles. The van der Waals surface area contributed by atoms with E-state index in [2.05, 4.69) is 41.0 Å². The van der Waals surface area contributed by atoms with Crippen LogP contribution in [0.4, 0.5) is 34.4 Å². The number of aromatic nitrogens is 6. The number of likely N-dealkylation sites (tertiary alicyclic amines) is 2. The quantitative estimate of drug-likeness (QED) is 0.157. The summed E-state index contributed by atoms with van der Waals surface area (Å²) in [5, 5.41) is 44.9. The zero-order chi connectivity index (χ0) is 42.9. The lowest BCUT2D eigenvalue weighted by Gasteiger charge is -2.24. The van der Waals surface area contributed by atoms with Gasteiger partial charge in [0.2, 0.25) is 0 Å². The van der Waals surface area contributed by atoms with Crippen LogP contribution in [0.25, 0.3) is 33.1 Å². The van der Waals surface area contributed by atoms with Crippen LogP contribution in [0.1, 0.15) is 47.1 Å². The van der Waals surface area contributed by atoms with E-state index in [1.807, 2.05) is 6.07 Å². The predicted molar refractivity (Wildman–Crippen MR) is 213 cm³/mol. The molecule has 7 rings (SSSR count). The predicted octanol–water partition coefficient (Wildman–Crippen LogP) is 6.17. The molecular formula is C39H44ClF3N10O6. The van der Waals surface area contributed by atoms with Gasteiger partial charge in [-0.1, -0.05) is 23.7 Å². The fourth-order valence-electron chi connectivity index (χ4n) is 6.33. The van der Waals surface area contributed by atoms with Gasteiger partial charge in [0, 0.05) is 41.8 Å². The summed E-state index contributed by atoms with van der Waals surface area (Å²) in [5.41, 5.74) is -0.268. The Hall–Kier alpha value is -5.66. The van der Waals surface area contributed by atoms with E-state index in [-0.39, 0.29) is 24.8 Å². The molecule has 1 aromatic carbocycles. The maximum Gasteiger partial charge on any atom is 0.416 e. The molecule has 0 bridgehead atoms. The molecule has 20 heteroatoms. The van der Waals surface area contributed by atoms with Crippen LogP contribution in [0.15, 0.2) is 60.9 Å². The van der Waals surface area contributed by atoms with Crippen molar-refractivity contribution in [2.75, 3.05) is 36.8 Å². The summed E-state index contributed by atoms with van der Waals surface area (Å²) in [6.45, 7) is 11.5. The summed E-state index contributed by atoms with van der Waals surface area (Å²) in [7, 11) is 0. The number of benzene rings is 1. The van der Waals surface area contributed by atoms with Crippen LogP contribution in [-0.4, -0.2) is 124 Å². The largest absolute Gasteiger partial charge is 0.444 e. The Kier molecular flexibility index (Phi) is 12.3. The van der Waals surface area contributed by atoms with Crippen molar-refractivity contribution in [1.29, 1.82) is 0 Å². The average Bonchev–Trinajstić information content (AvgIpc) is 3.72. The number of hydrogen-bond donors (Lipinski definition) is 4.